The molecule has 8 nitrogen and oxygen atoms in total. The zero-order valence-corrected chi connectivity index (χ0v) is 16.7. The Labute approximate surface area is 171 Å². The number of benzene rings is 2. The van der Waals surface area contributed by atoms with E-state index >= 15 is 0 Å². The number of hydrogen-bond donors (Lipinski definition) is 4. The molecule has 1 saturated heterocycles. The topological polar surface area (TPSA) is 125 Å². The Morgan fingerprint density at radius 3 is 2.52 bits per heavy atom. The molecule has 0 saturated carbocycles. The Kier molecular flexibility index (Phi) is 5.99. The van der Waals surface area contributed by atoms with E-state index in [1.807, 2.05) is 36.4 Å². The molecule has 3 rings (SSSR count). The molecule has 2 aromatic carbocycles. The summed E-state index contributed by atoms with van der Waals surface area (Å²) in [4.78, 5) is 35.5. The van der Waals surface area contributed by atoms with Gasteiger partial charge in [-0.05, 0) is 25.3 Å². The molecule has 0 spiro atoms. The monoisotopic (exact) mass is 418 g/mol. The van der Waals surface area contributed by atoms with E-state index in [2.05, 4.69) is 10.6 Å². The van der Waals surface area contributed by atoms with Crippen LogP contribution in [0.15, 0.2) is 42.5 Å². The van der Waals surface area contributed by atoms with Crippen LogP contribution in [0.1, 0.15) is 13.8 Å². The highest BCUT2D eigenvalue weighted by molar-refractivity contribution is 8.01. The summed E-state index contributed by atoms with van der Waals surface area (Å²) in [6.45, 7) is 3.07. The predicted molar refractivity (Wildman–Crippen MR) is 109 cm³/mol. The molecule has 2 aromatic rings. The number of nitrogens with one attached hydrogen (secondary N) is 2. The third kappa shape index (κ3) is 4.63. The van der Waals surface area contributed by atoms with Crippen LogP contribution >= 0.6 is 11.8 Å². The number of carboxylic acid groups (broad SMARTS) is 2. The largest absolute Gasteiger partial charge is 0.483 e. The van der Waals surface area contributed by atoms with Crippen LogP contribution in [0.25, 0.3) is 10.8 Å². The number of amides is 1. The van der Waals surface area contributed by atoms with Crippen molar-refractivity contribution in [3.63, 3.8) is 0 Å². The fourth-order valence-corrected chi connectivity index (χ4v) is 4.76. The van der Waals surface area contributed by atoms with Gasteiger partial charge in [0, 0.05) is 10.1 Å². The fourth-order valence-electron chi connectivity index (χ4n) is 3.27. The SMILES string of the molecule is CC1(C)S[C@H]([C@H](NC(=O)COc2cccc3ccccc23)C(=O)O)N[C@H]1C(=O)O. The van der Waals surface area contributed by atoms with Crippen molar-refractivity contribution in [1.29, 1.82) is 0 Å². The van der Waals surface area contributed by atoms with Gasteiger partial charge in [-0.25, -0.2) is 4.79 Å². The molecular weight excluding hydrogens is 396 g/mol. The lowest BCUT2D eigenvalue weighted by Crippen LogP contribution is -2.54. The summed E-state index contributed by atoms with van der Waals surface area (Å²) in [6.07, 6.45) is 0. The summed E-state index contributed by atoms with van der Waals surface area (Å²) < 4.78 is 4.87. The van der Waals surface area contributed by atoms with Gasteiger partial charge in [0.05, 0.1) is 5.37 Å². The van der Waals surface area contributed by atoms with Gasteiger partial charge in [-0.2, -0.15) is 0 Å². The lowest BCUT2D eigenvalue weighted by atomic mass is 10.0. The number of carboxylic acids is 2. The summed E-state index contributed by atoms with van der Waals surface area (Å²) in [5.74, 6) is -2.41. The second kappa shape index (κ2) is 8.30. The Bertz CT molecular complexity index is 942. The summed E-state index contributed by atoms with van der Waals surface area (Å²) >= 11 is 1.17. The maximum atomic E-state index is 12.3. The van der Waals surface area contributed by atoms with E-state index in [9.17, 15) is 24.6 Å². The average Bonchev–Trinajstić information content (AvgIpc) is 2.99. The van der Waals surface area contributed by atoms with Gasteiger partial charge in [-0.1, -0.05) is 36.4 Å². The summed E-state index contributed by atoms with van der Waals surface area (Å²) in [7, 11) is 0. The number of ether oxygens (including phenoxy) is 1. The summed E-state index contributed by atoms with van der Waals surface area (Å²) in [5, 5.41) is 25.1. The summed E-state index contributed by atoms with van der Waals surface area (Å²) in [6, 6.07) is 10.8. The Morgan fingerprint density at radius 2 is 1.86 bits per heavy atom. The van der Waals surface area contributed by atoms with E-state index in [0.717, 1.165) is 10.8 Å². The minimum absolute atomic E-state index is 0.360. The fraction of sp³-hybridized carbons (Fsp3) is 0.350. The van der Waals surface area contributed by atoms with Crippen LogP contribution in [0.2, 0.25) is 0 Å². The van der Waals surface area contributed by atoms with Crippen molar-refractivity contribution in [3.8, 4) is 5.75 Å². The van der Waals surface area contributed by atoms with Crippen molar-refractivity contribution in [2.45, 2.75) is 36.1 Å². The summed E-state index contributed by atoms with van der Waals surface area (Å²) in [5.41, 5.74) is 0. The Hall–Kier alpha value is -2.78. The number of thioether (sulfide) groups is 1. The maximum Gasteiger partial charge on any atom is 0.328 e. The number of fused-ring (bicyclic) bond motifs is 1. The molecule has 29 heavy (non-hydrogen) atoms. The third-order valence-electron chi connectivity index (χ3n) is 4.70. The third-order valence-corrected chi connectivity index (χ3v) is 6.20. The van der Waals surface area contributed by atoms with Gasteiger partial charge in [-0.3, -0.25) is 14.9 Å². The maximum absolute atomic E-state index is 12.3. The number of aliphatic carboxylic acids is 2. The van der Waals surface area contributed by atoms with Gasteiger partial charge < -0.3 is 20.3 Å². The normalized spacial score (nSPS) is 21.4. The molecule has 1 fully saturated rings. The van der Waals surface area contributed by atoms with E-state index in [4.69, 9.17) is 4.74 Å². The van der Waals surface area contributed by atoms with E-state index in [1.165, 1.54) is 11.8 Å². The molecule has 0 bridgehead atoms. The first-order chi connectivity index (χ1) is 13.7. The second-order valence-corrected chi connectivity index (χ2v) is 9.02. The quantitative estimate of drug-likeness (QED) is 0.535. The molecule has 0 radical (unpaired) electrons. The molecule has 0 unspecified atom stereocenters. The Balaban J connectivity index is 1.66. The van der Waals surface area contributed by atoms with E-state index < -0.39 is 40.1 Å². The van der Waals surface area contributed by atoms with Crippen molar-refractivity contribution in [1.82, 2.24) is 10.6 Å². The van der Waals surface area contributed by atoms with Crippen LogP contribution in [-0.2, 0) is 14.4 Å². The lowest BCUT2D eigenvalue weighted by molar-refractivity contribution is -0.143. The highest BCUT2D eigenvalue weighted by atomic mass is 32.2. The minimum atomic E-state index is -1.30. The van der Waals surface area contributed by atoms with Crippen LogP contribution in [0, 0.1) is 0 Å². The van der Waals surface area contributed by atoms with Gasteiger partial charge in [-0.15, -0.1) is 11.8 Å². The Morgan fingerprint density at radius 1 is 1.17 bits per heavy atom. The smallest absolute Gasteiger partial charge is 0.328 e. The van der Waals surface area contributed by atoms with Crippen LogP contribution < -0.4 is 15.4 Å². The number of hydrogen-bond acceptors (Lipinski definition) is 6. The van der Waals surface area contributed by atoms with Gasteiger partial charge in [0.2, 0.25) is 0 Å². The van der Waals surface area contributed by atoms with Gasteiger partial charge in [0.15, 0.2) is 12.6 Å². The van der Waals surface area contributed by atoms with E-state index in [1.54, 1.807) is 19.9 Å². The minimum Gasteiger partial charge on any atom is -0.483 e. The molecule has 1 heterocycles. The highest BCUT2D eigenvalue weighted by Gasteiger charge is 2.49. The van der Waals surface area contributed by atoms with Crippen LogP contribution in [0.5, 0.6) is 5.75 Å². The molecule has 9 heteroatoms. The number of rotatable bonds is 7. The van der Waals surface area contributed by atoms with Gasteiger partial charge >= 0.3 is 11.9 Å². The molecular formula is C20H22N2O6S. The predicted octanol–water partition coefficient (Wildman–Crippen LogP) is 1.68. The van der Waals surface area contributed by atoms with E-state index in [0.29, 0.717) is 5.75 Å². The molecule has 0 aliphatic carbocycles. The standard InChI is InChI=1S/C20H22N2O6S/c1-20(2)16(19(26)27)22-17(29-20)15(18(24)25)21-14(23)10-28-13-9-5-7-11-6-3-4-8-12(11)13/h3-9,15-17,22H,10H2,1-2H3,(H,21,23)(H,24,25)(H,26,27)/t15-,16-,17+/m0/s1. The van der Waals surface area contributed by atoms with Crippen molar-refractivity contribution in [3.05, 3.63) is 42.5 Å². The number of carbonyl (C=O) groups is 3. The van der Waals surface area contributed by atoms with Crippen LogP contribution in [0.4, 0.5) is 0 Å². The van der Waals surface area contributed by atoms with Crippen molar-refractivity contribution < 1.29 is 29.3 Å². The molecule has 1 amide bonds. The zero-order chi connectivity index (χ0) is 21.2. The first kappa shape index (κ1) is 20.9. The van der Waals surface area contributed by atoms with Gasteiger partial charge in [0.25, 0.3) is 5.91 Å². The molecule has 154 valence electrons. The first-order valence-electron chi connectivity index (χ1n) is 8.98. The molecule has 1 aliphatic rings. The second-order valence-electron chi connectivity index (χ2n) is 7.23. The van der Waals surface area contributed by atoms with Crippen LogP contribution in [-0.4, -0.2) is 56.9 Å². The van der Waals surface area contributed by atoms with Crippen molar-refractivity contribution in [2.24, 2.45) is 0 Å². The van der Waals surface area contributed by atoms with Crippen LogP contribution in [0.3, 0.4) is 0 Å². The highest BCUT2D eigenvalue weighted by Crippen LogP contribution is 2.39. The molecule has 3 atom stereocenters. The van der Waals surface area contributed by atoms with Gasteiger partial charge in [0.1, 0.15) is 11.8 Å². The molecule has 0 aromatic heterocycles. The molecule has 4 N–H and O–H groups in total. The molecule has 1 aliphatic heterocycles. The lowest BCUT2D eigenvalue weighted by Gasteiger charge is -2.22. The average molecular weight is 418 g/mol. The zero-order valence-electron chi connectivity index (χ0n) is 15.9. The van der Waals surface area contributed by atoms with E-state index in [-0.39, 0.29) is 6.61 Å². The first-order valence-corrected chi connectivity index (χ1v) is 9.86. The number of carbonyl (C=O) groups excluding carboxylic acids is 1. The van der Waals surface area contributed by atoms with Crippen molar-refractivity contribution in [2.75, 3.05) is 6.61 Å². The van der Waals surface area contributed by atoms with Crippen molar-refractivity contribution >= 4 is 40.4 Å².